The molecule has 1 aromatic carbocycles. The molecule has 3 aliphatic rings. The van der Waals surface area contributed by atoms with Crippen LogP contribution in [0.2, 0.25) is 0 Å². The summed E-state index contributed by atoms with van der Waals surface area (Å²) in [5.74, 6) is 1.47. The van der Waals surface area contributed by atoms with Crippen LogP contribution in [0.25, 0.3) is 0 Å². The predicted molar refractivity (Wildman–Crippen MR) is 105 cm³/mol. The number of hydrogen-bond donors (Lipinski definition) is 0. The highest BCUT2D eigenvalue weighted by molar-refractivity contribution is 5.94. The molecule has 152 valence electrons. The standard InChI is InChI=1S/C22H30N2O4/c1-27-20-3-2-12-24(15-20)22(26)17-6-8-18(9-7-17)28-19-10-13-23(14-11-19)21(25)16-4-5-16/h6-9,16,19-20H,2-5,10-15H2,1H3/t20-/m0/s1. The zero-order valence-electron chi connectivity index (χ0n) is 16.6. The molecule has 6 heteroatoms. The van der Waals surface area contributed by atoms with Crippen molar-refractivity contribution in [3.8, 4) is 5.75 Å². The normalized spacial score (nSPS) is 23.5. The first-order valence-corrected chi connectivity index (χ1v) is 10.5. The second-order valence-electron chi connectivity index (χ2n) is 8.19. The number of amides is 2. The number of nitrogens with zero attached hydrogens (tertiary/aromatic N) is 2. The average molecular weight is 386 g/mol. The molecule has 2 heterocycles. The smallest absolute Gasteiger partial charge is 0.253 e. The number of likely N-dealkylation sites (tertiary alicyclic amines) is 2. The van der Waals surface area contributed by atoms with Gasteiger partial charge >= 0.3 is 0 Å². The van der Waals surface area contributed by atoms with E-state index in [4.69, 9.17) is 9.47 Å². The first-order valence-electron chi connectivity index (χ1n) is 10.5. The monoisotopic (exact) mass is 386 g/mol. The molecule has 1 atom stereocenters. The Kier molecular flexibility index (Phi) is 5.85. The van der Waals surface area contributed by atoms with Crippen LogP contribution in [0.3, 0.4) is 0 Å². The van der Waals surface area contributed by atoms with Crippen LogP contribution in [-0.4, -0.2) is 67.1 Å². The Morgan fingerprint density at radius 3 is 2.25 bits per heavy atom. The van der Waals surface area contributed by atoms with Crippen LogP contribution in [0.1, 0.15) is 48.9 Å². The van der Waals surface area contributed by atoms with E-state index in [1.54, 1.807) is 7.11 Å². The number of ether oxygens (including phenoxy) is 2. The van der Waals surface area contributed by atoms with Crippen molar-refractivity contribution in [1.82, 2.24) is 9.80 Å². The minimum Gasteiger partial charge on any atom is -0.490 e. The first kappa shape index (κ1) is 19.2. The van der Waals surface area contributed by atoms with Gasteiger partial charge in [-0.1, -0.05) is 0 Å². The van der Waals surface area contributed by atoms with E-state index in [9.17, 15) is 9.59 Å². The molecular formula is C22H30N2O4. The Morgan fingerprint density at radius 1 is 0.893 bits per heavy atom. The molecule has 0 radical (unpaired) electrons. The number of benzene rings is 1. The van der Waals surface area contributed by atoms with Gasteiger partial charge in [0, 0.05) is 57.6 Å². The number of carbonyl (C=O) groups is 2. The number of methoxy groups -OCH3 is 1. The van der Waals surface area contributed by atoms with Gasteiger partial charge in [-0.25, -0.2) is 0 Å². The van der Waals surface area contributed by atoms with Crippen molar-refractivity contribution in [1.29, 1.82) is 0 Å². The van der Waals surface area contributed by atoms with E-state index < -0.39 is 0 Å². The van der Waals surface area contributed by atoms with Crippen LogP contribution in [0.15, 0.2) is 24.3 Å². The molecular weight excluding hydrogens is 356 g/mol. The zero-order chi connectivity index (χ0) is 19.5. The van der Waals surface area contributed by atoms with Crippen LogP contribution >= 0.6 is 0 Å². The van der Waals surface area contributed by atoms with Crippen molar-refractivity contribution in [2.75, 3.05) is 33.3 Å². The van der Waals surface area contributed by atoms with Crippen molar-refractivity contribution in [3.05, 3.63) is 29.8 Å². The molecule has 1 saturated carbocycles. The molecule has 3 fully saturated rings. The van der Waals surface area contributed by atoms with Gasteiger partial charge in [-0.05, 0) is 49.9 Å². The van der Waals surface area contributed by atoms with Crippen molar-refractivity contribution in [3.63, 3.8) is 0 Å². The van der Waals surface area contributed by atoms with Gasteiger partial charge in [0.05, 0.1) is 6.10 Å². The lowest BCUT2D eigenvalue weighted by Gasteiger charge is -2.32. The summed E-state index contributed by atoms with van der Waals surface area (Å²) in [5.41, 5.74) is 0.689. The Hall–Kier alpha value is -2.08. The Morgan fingerprint density at radius 2 is 1.61 bits per heavy atom. The number of piperidine rings is 2. The summed E-state index contributed by atoms with van der Waals surface area (Å²) in [4.78, 5) is 28.7. The number of carbonyl (C=O) groups excluding carboxylic acids is 2. The first-order chi connectivity index (χ1) is 13.6. The maximum Gasteiger partial charge on any atom is 0.253 e. The number of rotatable bonds is 5. The molecule has 0 spiro atoms. The van der Waals surface area contributed by atoms with Gasteiger partial charge in [0.2, 0.25) is 5.91 Å². The highest BCUT2D eigenvalue weighted by Gasteiger charge is 2.35. The SMILES string of the molecule is CO[C@H]1CCCN(C(=O)c2ccc(OC3CCN(C(=O)C4CC4)CC3)cc2)C1. The van der Waals surface area contributed by atoms with E-state index in [0.29, 0.717) is 23.9 Å². The molecule has 1 aliphatic carbocycles. The molecule has 0 unspecified atom stereocenters. The quantitative estimate of drug-likeness (QED) is 0.781. The predicted octanol–water partition coefficient (Wildman–Crippen LogP) is 2.72. The topological polar surface area (TPSA) is 59.1 Å². The Labute approximate surface area is 166 Å². The Bertz CT molecular complexity index is 693. The summed E-state index contributed by atoms with van der Waals surface area (Å²) < 4.78 is 11.5. The molecule has 6 nitrogen and oxygen atoms in total. The Balaban J connectivity index is 1.27. The fourth-order valence-corrected chi connectivity index (χ4v) is 4.15. The maximum absolute atomic E-state index is 12.7. The molecule has 0 bridgehead atoms. The molecule has 2 saturated heterocycles. The van der Waals surface area contributed by atoms with Crippen LogP contribution in [0, 0.1) is 5.92 Å². The minimum absolute atomic E-state index is 0.0557. The van der Waals surface area contributed by atoms with Crippen LogP contribution in [0.5, 0.6) is 5.75 Å². The summed E-state index contributed by atoms with van der Waals surface area (Å²) in [6.45, 7) is 3.01. The second kappa shape index (κ2) is 8.52. The summed E-state index contributed by atoms with van der Waals surface area (Å²) in [5, 5.41) is 0. The van der Waals surface area contributed by atoms with Crippen molar-refractivity contribution in [2.45, 2.75) is 50.7 Å². The van der Waals surface area contributed by atoms with Gasteiger partial charge in [-0.3, -0.25) is 9.59 Å². The molecule has 2 aliphatic heterocycles. The minimum atomic E-state index is 0.0557. The van der Waals surface area contributed by atoms with Crippen LogP contribution in [-0.2, 0) is 9.53 Å². The zero-order valence-corrected chi connectivity index (χ0v) is 16.6. The molecule has 1 aromatic rings. The van der Waals surface area contributed by atoms with E-state index in [0.717, 1.165) is 63.9 Å². The van der Waals surface area contributed by atoms with Crippen molar-refractivity contribution >= 4 is 11.8 Å². The second-order valence-corrected chi connectivity index (χ2v) is 8.19. The highest BCUT2D eigenvalue weighted by atomic mass is 16.5. The van der Waals surface area contributed by atoms with E-state index in [-0.39, 0.29) is 18.1 Å². The summed E-state index contributed by atoms with van der Waals surface area (Å²) >= 11 is 0. The van der Waals surface area contributed by atoms with Gasteiger partial charge in [0.1, 0.15) is 11.9 Å². The van der Waals surface area contributed by atoms with E-state index in [2.05, 4.69) is 0 Å². The maximum atomic E-state index is 12.7. The fourth-order valence-electron chi connectivity index (χ4n) is 4.15. The highest BCUT2D eigenvalue weighted by Crippen LogP contribution is 2.32. The van der Waals surface area contributed by atoms with Gasteiger partial charge in [-0.2, -0.15) is 0 Å². The van der Waals surface area contributed by atoms with Crippen molar-refractivity contribution in [2.24, 2.45) is 5.92 Å². The van der Waals surface area contributed by atoms with Gasteiger partial charge in [0.15, 0.2) is 0 Å². The molecule has 0 aromatic heterocycles. The fraction of sp³-hybridized carbons (Fsp3) is 0.636. The third-order valence-corrected chi connectivity index (χ3v) is 6.08. The lowest BCUT2D eigenvalue weighted by molar-refractivity contribution is -0.134. The van der Waals surface area contributed by atoms with Gasteiger partial charge < -0.3 is 19.3 Å². The van der Waals surface area contributed by atoms with E-state index in [1.165, 1.54) is 0 Å². The summed E-state index contributed by atoms with van der Waals surface area (Å²) in [6.07, 6.45) is 6.11. The number of hydrogen-bond acceptors (Lipinski definition) is 4. The largest absolute Gasteiger partial charge is 0.490 e. The van der Waals surface area contributed by atoms with Crippen LogP contribution in [0.4, 0.5) is 0 Å². The molecule has 28 heavy (non-hydrogen) atoms. The molecule has 2 amide bonds. The molecule has 4 rings (SSSR count). The third-order valence-electron chi connectivity index (χ3n) is 6.08. The summed E-state index contributed by atoms with van der Waals surface area (Å²) in [7, 11) is 1.71. The van der Waals surface area contributed by atoms with Crippen molar-refractivity contribution < 1.29 is 19.1 Å². The van der Waals surface area contributed by atoms with Gasteiger partial charge in [-0.15, -0.1) is 0 Å². The summed E-state index contributed by atoms with van der Waals surface area (Å²) in [6, 6.07) is 7.46. The van der Waals surface area contributed by atoms with Gasteiger partial charge in [0.25, 0.3) is 5.91 Å². The van der Waals surface area contributed by atoms with E-state index >= 15 is 0 Å². The average Bonchev–Trinajstić information content (AvgIpc) is 3.59. The molecule has 0 N–H and O–H groups in total. The van der Waals surface area contributed by atoms with Crippen LogP contribution < -0.4 is 4.74 Å². The van der Waals surface area contributed by atoms with E-state index in [1.807, 2.05) is 34.1 Å². The lowest BCUT2D eigenvalue weighted by atomic mass is 10.1. The third kappa shape index (κ3) is 4.49. The lowest BCUT2D eigenvalue weighted by Crippen LogP contribution is -2.43.